The van der Waals surface area contributed by atoms with E-state index in [-0.39, 0.29) is 19.3 Å². The number of imidazole rings is 1. The Bertz CT molecular complexity index is 2470. The Morgan fingerprint density at radius 1 is 0.852 bits per heavy atom. The number of aromatic amines is 1. The molecule has 0 fully saturated rings. The summed E-state index contributed by atoms with van der Waals surface area (Å²) < 4.78 is 4.47. The smallest absolute Gasteiger partial charge is 0.320 e. The molecule has 7 heterocycles. The first-order valence-corrected chi connectivity index (χ1v) is 18.2. The first kappa shape index (κ1) is 37.9. The Balaban J connectivity index is 0.000000389. The number of allylic oxidation sites excluding steroid dienone is 4. The zero-order valence-electron chi connectivity index (χ0n) is 30.4. The van der Waals surface area contributed by atoms with E-state index in [1.807, 2.05) is 39.0 Å². The molecule has 0 amide bonds. The number of aliphatic carboxylic acids is 3. The summed E-state index contributed by atoms with van der Waals surface area (Å²) in [4.78, 5) is 50.2. The molecule has 3 aromatic heterocycles. The Labute approximate surface area is 318 Å². The predicted octanol–water partition coefficient (Wildman–Crippen LogP) is 4.10. The van der Waals surface area contributed by atoms with Gasteiger partial charge in [0.25, 0.3) is 0 Å². The quantitative estimate of drug-likeness (QED) is 0.179. The number of fused-ring (bicyclic) bond motifs is 2. The van der Waals surface area contributed by atoms with E-state index < -0.39 is 23.9 Å². The molecular weight excluding hydrogens is 730 g/mol. The number of aromatic nitrogens is 4. The van der Waals surface area contributed by atoms with Gasteiger partial charge in [0.05, 0.1) is 6.33 Å². The molecule has 1 atom stereocenters. The van der Waals surface area contributed by atoms with Crippen molar-refractivity contribution in [3.63, 3.8) is 0 Å². The Morgan fingerprint density at radius 2 is 1.52 bits per heavy atom. The van der Waals surface area contributed by atoms with E-state index in [9.17, 15) is 24.6 Å². The summed E-state index contributed by atoms with van der Waals surface area (Å²) in [5, 5.41) is 29.4. The van der Waals surface area contributed by atoms with Crippen LogP contribution in [0.2, 0.25) is 0 Å². The SMILES string of the molecule is C=CC1=C(C)C2=NC/1=C\c1c(C)c(C=C)c3[n]1[Fe][n]1/c(c(C)c(CCC(=O)O)/c1=C/C1=NC(=C\3)/C(C)=C1CCC(=O)O)=C\2.N[C@@H](Cc1cnc[nH]1)C(=O)O. The predicted molar refractivity (Wildman–Crippen MR) is 205 cm³/mol. The summed E-state index contributed by atoms with van der Waals surface area (Å²) in [6, 6.07) is -0.851. The van der Waals surface area contributed by atoms with Gasteiger partial charge in [0, 0.05) is 18.3 Å². The first-order valence-electron chi connectivity index (χ1n) is 17.2. The zero-order valence-corrected chi connectivity index (χ0v) is 31.5. The molecule has 4 aliphatic heterocycles. The van der Waals surface area contributed by atoms with Crippen molar-refractivity contribution in [2.24, 2.45) is 15.7 Å². The van der Waals surface area contributed by atoms with Crippen molar-refractivity contribution in [2.45, 2.75) is 65.8 Å². The van der Waals surface area contributed by atoms with Gasteiger partial charge in [-0.1, -0.05) is 0 Å². The first-order chi connectivity index (χ1) is 25.7. The van der Waals surface area contributed by atoms with Crippen LogP contribution in [0.25, 0.3) is 30.4 Å². The van der Waals surface area contributed by atoms with Gasteiger partial charge in [-0.3, -0.25) is 4.79 Å². The number of hydrogen-bond acceptors (Lipinski definition) is 7. The third-order valence-electron chi connectivity index (χ3n) is 9.86. The molecule has 0 unspecified atom stereocenters. The number of H-pyrrole nitrogens is 1. The number of carboxylic acid groups (broad SMARTS) is 3. The van der Waals surface area contributed by atoms with E-state index in [2.05, 4.69) is 55.4 Å². The number of rotatable bonds is 11. The number of hydrogen-bond donors (Lipinski definition) is 5. The second-order valence-electron chi connectivity index (χ2n) is 13.2. The minimum Gasteiger partial charge on any atom is -0.480 e. The molecule has 0 saturated carbocycles. The van der Waals surface area contributed by atoms with Crippen LogP contribution in [0.5, 0.6) is 0 Å². The van der Waals surface area contributed by atoms with Gasteiger partial charge in [-0.25, -0.2) is 4.98 Å². The van der Waals surface area contributed by atoms with Crippen LogP contribution in [-0.2, 0) is 42.6 Å². The summed E-state index contributed by atoms with van der Waals surface area (Å²) >= 11 is 0.463. The fraction of sp³-hybridized carbons (Fsp3) is 0.250. The molecule has 14 heteroatoms. The molecule has 7 rings (SSSR count). The molecule has 6 bridgehead atoms. The molecule has 0 radical (unpaired) electrons. The molecule has 0 aliphatic carbocycles. The van der Waals surface area contributed by atoms with Gasteiger partial charge < -0.3 is 15.8 Å². The summed E-state index contributed by atoms with van der Waals surface area (Å²) in [6.07, 6.45) is 16.0. The summed E-state index contributed by atoms with van der Waals surface area (Å²) in [7, 11) is 0. The maximum atomic E-state index is 11.8. The minimum atomic E-state index is -1.00. The van der Waals surface area contributed by atoms with E-state index in [1.165, 1.54) is 6.33 Å². The molecule has 4 aliphatic rings. The molecule has 0 saturated heterocycles. The summed E-state index contributed by atoms with van der Waals surface area (Å²) in [6.45, 7) is 16.4. The minimum absolute atomic E-state index is 0.0140. The van der Waals surface area contributed by atoms with Crippen LogP contribution in [0.15, 0.2) is 75.4 Å². The van der Waals surface area contributed by atoms with Crippen molar-refractivity contribution in [2.75, 3.05) is 0 Å². The average molecular weight is 772 g/mol. The monoisotopic (exact) mass is 771 g/mol. The second-order valence-corrected chi connectivity index (χ2v) is 14.4. The standard InChI is InChI=1S/C34H34N4O4.C6H9N3O2.Fe/c1-7-21-17(3)25-13-26-19(5)23(9-11-33(39)40)31(37-26)16-32-24(10-12-34(41)42)20(6)28(38-32)15-30-22(8-2)18(4)27(36-30)14-29(21)35-25;7-5(6(10)11)1-4-2-8-3-9-4;/h7-8,13-16H,1-2,9-12H2,3-6H3,(H4,35,36,37,38,39,40,41,42);2-3,5H,1,7H2,(H,8,9)(H,10,11);/q;;+2/p-2/b25-13?,26-13-,27-14?,28-15-,29-14-,30-15?,31-16-,32-16?;;/t;5-;/m.0./s1. The second kappa shape index (κ2) is 15.3. The van der Waals surface area contributed by atoms with E-state index in [0.717, 1.165) is 89.4 Å². The number of carboxylic acids is 3. The van der Waals surface area contributed by atoms with Crippen LogP contribution in [0.4, 0.5) is 0 Å². The Hall–Kier alpha value is -5.82. The van der Waals surface area contributed by atoms with Gasteiger partial charge in [0.15, 0.2) is 0 Å². The van der Waals surface area contributed by atoms with Crippen LogP contribution < -0.4 is 16.4 Å². The number of nitrogens with zero attached hydrogens (tertiary/aromatic N) is 5. The molecule has 0 aromatic carbocycles. The number of carbonyl (C=O) groups is 3. The van der Waals surface area contributed by atoms with E-state index in [0.29, 0.717) is 33.9 Å². The van der Waals surface area contributed by atoms with Crippen LogP contribution >= 0.6 is 0 Å². The number of aliphatic imine (C=N–C) groups is 2. The van der Waals surface area contributed by atoms with Crippen molar-refractivity contribution in [1.82, 2.24) is 17.1 Å². The van der Waals surface area contributed by atoms with Gasteiger partial charge in [-0.2, -0.15) is 0 Å². The average Bonchev–Trinajstić information content (AvgIpc) is 3.91. The zero-order chi connectivity index (χ0) is 39.0. The van der Waals surface area contributed by atoms with Gasteiger partial charge in [0.1, 0.15) is 6.04 Å². The van der Waals surface area contributed by atoms with Crippen LogP contribution in [0.1, 0.15) is 72.4 Å². The third-order valence-corrected chi connectivity index (χ3v) is 11.4. The number of nitrogens with one attached hydrogen (secondary N) is 1. The Morgan fingerprint density at radius 3 is 2.15 bits per heavy atom. The molecule has 13 nitrogen and oxygen atoms in total. The van der Waals surface area contributed by atoms with Gasteiger partial charge in [-0.15, -0.1) is 0 Å². The summed E-state index contributed by atoms with van der Waals surface area (Å²) in [5.41, 5.74) is 18.9. The number of nitrogens with two attached hydrogens (primary N) is 1. The maximum Gasteiger partial charge on any atom is 0.320 e. The molecule has 280 valence electrons. The largest absolute Gasteiger partial charge is 0.480 e. The van der Waals surface area contributed by atoms with E-state index >= 15 is 0 Å². The van der Waals surface area contributed by atoms with Crippen LogP contribution in [0, 0.1) is 13.8 Å². The van der Waals surface area contributed by atoms with Crippen LogP contribution in [0.3, 0.4) is 0 Å². The van der Waals surface area contributed by atoms with Crippen molar-refractivity contribution in [3.05, 3.63) is 115 Å². The molecular formula is C40H41FeN7O6. The van der Waals surface area contributed by atoms with Crippen LogP contribution in [-0.4, -0.2) is 67.8 Å². The van der Waals surface area contributed by atoms with Gasteiger partial charge >= 0.3 is 263 Å². The molecule has 0 spiro atoms. The molecule has 54 heavy (non-hydrogen) atoms. The third kappa shape index (κ3) is 7.11. The topological polar surface area (TPSA) is 201 Å². The fourth-order valence-corrected chi connectivity index (χ4v) is 8.49. The molecule has 3 aromatic rings. The molecule has 6 N–H and O–H groups in total. The maximum absolute atomic E-state index is 11.8. The van der Waals surface area contributed by atoms with E-state index in [1.54, 1.807) is 6.20 Å². The Kier molecular flexibility index (Phi) is 10.7. The van der Waals surface area contributed by atoms with Gasteiger partial charge in [0.2, 0.25) is 0 Å². The van der Waals surface area contributed by atoms with Crippen molar-refractivity contribution in [1.29, 1.82) is 0 Å². The van der Waals surface area contributed by atoms with Crippen molar-refractivity contribution in [3.8, 4) is 0 Å². The van der Waals surface area contributed by atoms with Crippen molar-refractivity contribution < 1.29 is 45.1 Å². The van der Waals surface area contributed by atoms with E-state index in [4.69, 9.17) is 20.8 Å². The van der Waals surface area contributed by atoms with Gasteiger partial charge in [-0.05, 0) is 0 Å². The van der Waals surface area contributed by atoms with Crippen molar-refractivity contribution >= 4 is 59.7 Å². The fourth-order valence-electron chi connectivity index (χ4n) is 6.86. The summed E-state index contributed by atoms with van der Waals surface area (Å²) in [5.74, 6) is -2.74. The normalized spacial score (nSPS) is 19.1.